The maximum atomic E-state index is 13.0. The quantitative estimate of drug-likeness (QED) is 0.175. The summed E-state index contributed by atoms with van der Waals surface area (Å²) >= 11 is 0. The molecule has 0 radical (unpaired) electrons. The number of nitrogens with zero attached hydrogens (tertiary/aromatic N) is 1. The van der Waals surface area contributed by atoms with Crippen molar-refractivity contribution in [1.82, 2.24) is 0 Å². The molecule has 0 atom stereocenters. The summed E-state index contributed by atoms with van der Waals surface area (Å²) in [6.07, 6.45) is 1.41. The molecule has 0 aliphatic heterocycles. The van der Waals surface area contributed by atoms with E-state index < -0.39 is 17.6 Å². The van der Waals surface area contributed by atoms with Gasteiger partial charge in [-0.25, -0.2) is 9.18 Å². The lowest BCUT2D eigenvalue weighted by Crippen LogP contribution is -2.09. The Balaban J connectivity index is 1.85. The Labute approximate surface area is 184 Å². The van der Waals surface area contributed by atoms with Crippen molar-refractivity contribution < 1.29 is 28.2 Å². The van der Waals surface area contributed by atoms with E-state index in [0.29, 0.717) is 16.9 Å². The zero-order chi connectivity index (χ0) is 23.1. The molecule has 3 aromatic rings. The van der Waals surface area contributed by atoms with E-state index >= 15 is 0 Å². The summed E-state index contributed by atoms with van der Waals surface area (Å²) < 4.78 is 28.8. The average Bonchev–Trinajstić information content (AvgIpc) is 2.83. The first-order valence-electron chi connectivity index (χ1n) is 9.41. The summed E-state index contributed by atoms with van der Waals surface area (Å²) in [6, 6.07) is 17.9. The standard InChI is InChI=1S/C25H18FNO5/c1-30-21-5-3-4-18(14-21)24(28)19(15-27)12-16-6-11-22(23(13-16)31-2)32-25(29)17-7-9-20(26)10-8-17/h3-14H,1-2H3/b19-12+. The number of methoxy groups -OCH3 is 2. The van der Waals surface area contributed by atoms with Crippen molar-refractivity contribution in [3.63, 3.8) is 0 Å². The van der Waals surface area contributed by atoms with Gasteiger partial charge in [0.05, 0.1) is 19.8 Å². The molecule has 0 saturated carbocycles. The normalized spacial score (nSPS) is 10.8. The second-order valence-corrected chi connectivity index (χ2v) is 6.54. The molecule has 0 unspecified atom stereocenters. The van der Waals surface area contributed by atoms with Crippen molar-refractivity contribution in [2.45, 2.75) is 0 Å². The SMILES string of the molecule is COc1cccc(C(=O)/C(C#N)=C/c2ccc(OC(=O)c3ccc(F)cc3)c(OC)c2)c1. The Morgan fingerprint density at radius 2 is 1.66 bits per heavy atom. The Kier molecular flexibility index (Phi) is 6.99. The van der Waals surface area contributed by atoms with E-state index in [9.17, 15) is 19.2 Å². The Morgan fingerprint density at radius 3 is 2.31 bits per heavy atom. The monoisotopic (exact) mass is 431 g/mol. The Bertz CT molecular complexity index is 1230. The van der Waals surface area contributed by atoms with Gasteiger partial charge in [0, 0.05) is 5.56 Å². The zero-order valence-electron chi connectivity index (χ0n) is 17.3. The molecule has 0 amide bonds. The van der Waals surface area contributed by atoms with E-state index in [1.807, 2.05) is 6.07 Å². The van der Waals surface area contributed by atoms with Crippen molar-refractivity contribution in [3.8, 4) is 23.3 Å². The molecular formula is C25H18FNO5. The van der Waals surface area contributed by atoms with E-state index in [4.69, 9.17) is 14.2 Å². The fourth-order valence-corrected chi connectivity index (χ4v) is 2.84. The summed E-state index contributed by atoms with van der Waals surface area (Å²) in [6.45, 7) is 0. The van der Waals surface area contributed by atoms with Gasteiger partial charge in [0.15, 0.2) is 11.5 Å². The highest BCUT2D eigenvalue weighted by molar-refractivity contribution is 6.14. The van der Waals surface area contributed by atoms with Crippen LogP contribution in [0, 0.1) is 17.1 Å². The van der Waals surface area contributed by atoms with Crippen LogP contribution in [0.2, 0.25) is 0 Å². The van der Waals surface area contributed by atoms with Crippen LogP contribution in [0.1, 0.15) is 26.3 Å². The maximum absolute atomic E-state index is 13.0. The number of hydrogen-bond acceptors (Lipinski definition) is 6. The van der Waals surface area contributed by atoms with Crippen molar-refractivity contribution in [1.29, 1.82) is 5.26 Å². The van der Waals surface area contributed by atoms with Gasteiger partial charge >= 0.3 is 5.97 Å². The minimum atomic E-state index is -0.683. The zero-order valence-corrected chi connectivity index (χ0v) is 17.3. The van der Waals surface area contributed by atoms with Crippen LogP contribution in [0.25, 0.3) is 6.08 Å². The van der Waals surface area contributed by atoms with Crippen molar-refractivity contribution in [3.05, 3.63) is 94.8 Å². The highest BCUT2D eigenvalue weighted by atomic mass is 19.1. The van der Waals surface area contributed by atoms with Crippen LogP contribution in [0.3, 0.4) is 0 Å². The average molecular weight is 431 g/mol. The van der Waals surface area contributed by atoms with E-state index in [-0.39, 0.29) is 22.6 Å². The van der Waals surface area contributed by atoms with Gasteiger partial charge in [-0.3, -0.25) is 4.79 Å². The number of carbonyl (C=O) groups is 2. The lowest BCUT2D eigenvalue weighted by molar-refractivity contribution is 0.0729. The number of carbonyl (C=O) groups excluding carboxylic acids is 2. The first kappa shape index (κ1) is 22.2. The van der Waals surface area contributed by atoms with Crippen molar-refractivity contribution in [2.75, 3.05) is 14.2 Å². The molecule has 0 heterocycles. The van der Waals surface area contributed by atoms with Crippen LogP contribution >= 0.6 is 0 Å². The number of Topliss-reactive ketones (excluding diaryl/α,β-unsaturated/α-hetero) is 1. The first-order valence-corrected chi connectivity index (χ1v) is 9.41. The van der Waals surface area contributed by atoms with Gasteiger partial charge < -0.3 is 14.2 Å². The number of halogens is 1. The highest BCUT2D eigenvalue weighted by Crippen LogP contribution is 2.30. The number of ether oxygens (including phenoxy) is 3. The highest BCUT2D eigenvalue weighted by Gasteiger charge is 2.16. The Hall–Kier alpha value is -4.44. The fraction of sp³-hybridized carbons (Fsp3) is 0.0800. The molecular weight excluding hydrogens is 413 g/mol. The third kappa shape index (κ3) is 5.18. The number of hydrogen-bond donors (Lipinski definition) is 0. The van der Waals surface area contributed by atoms with E-state index in [1.165, 1.54) is 44.6 Å². The minimum Gasteiger partial charge on any atom is -0.497 e. The summed E-state index contributed by atoms with van der Waals surface area (Å²) in [5, 5.41) is 9.49. The maximum Gasteiger partial charge on any atom is 0.343 e. The van der Waals surface area contributed by atoms with Gasteiger partial charge in [-0.2, -0.15) is 5.26 Å². The third-order valence-corrected chi connectivity index (χ3v) is 4.48. The topological polar surface area (TPSA) is 85.6 Å². The summed E-state index contributed by atoms with van der Waals surface area (Å²) in [5.74, 6) is -0.749. The number of ketones is 1. The fourth-order valence-electron chi connectivity index (χ4n) is 2.84. The van der Waals surface area contributed by atoms with Crippen molar-refractivity contribution in [2.24, 2.45) is 0 Å². The molecule has 3 aromatic carbocycles. The predicted octanol–water partition coefficient (Wildman–Crippen LogP) is 4.85. The van der Waals surface area contributed by atoms with E-state index in [1.54, 1.807) is 30.3 Å². The number of nitriles is 1. The lowest BCUT2D eigenvalue weighted by Gasteiger charge is -2.10. The number of rotatable bonds is 7. The molecule has 0 N–H and O–H groups in total. The molecule has 0 fully saturated rings. The summed E-state index contributed by atoms with van der Waals surface area (Å²) in [5.41, 5.74) is 0.898. The van der Waals surface area contributed by atoms with Crippen LogP contribution in [-0.2, 0) is 0 Å². The van der Waals surface area contributed by atoms with Gasteiger partial charge in [0.1, 0.15) is 23.2 Å². The van der Waals surface area contributed by atoms with E-state index in [2.05, 4.69) is 0 Å². The number of allylic oxidation sites excluding steroid dienone is 1. The molecule has 3 rings (SSSR count). The van der Waals surface area contributed by atoms with Crippen LogP contribution in [0.5, 0.6) is 17.2 Å². The molecule has 0 aliphatic carbocycles. The largest absolute Gasteiger partial charge is 0.497 e. The number of esters is 1. The molecule has 160 valence electrons. The lowest BCUT2D eigenvalue weighted by atomic mass is 10.0. The van der Waals surface area contributed by atoms with Gasteiger partial charge in [-0.15, -0.1) is 0 Å². The van der Waals surface area contributed by atoms with Crippen LogP contribution in [-0.4, -0.2) is 26.0 Å². The first-order chi connectivity index (χ1) is 15.4. The van der Waals surface area contributed by atoms with Crippen molar-refractivity contribution >= 4 is 17.8 Å². The van der Waals surface area contributed by atoms with Crippen LogP contribution < -0.4 is 14.2 Å². The van der Waals surface area contributed by atoms with Gasteiger partial charge in [-0.1, -0.05) is 18.2 Å². The summed E-state index contributed by atoms with van der Waals surface area (Å²) in [7, 11) is 2.88. The van der Waals surface area contributed by atoms with Gasteiger partial charge in [-0.05, 0) is 60.2 Å². The molecule has 0 spiro atoms. The molecule has 0 saturated heterocycles. The molecule has 0 aromatic heterocycles. The molecule has 32 heavy (non-hydrogen) atoms. The third-order valence-electron chi connectivity index (χ3n) is 4.48. The molecule has 0 aliphatic rings. The van der Waals surface area contributed by atoms with E-state index in [0.717, 1.165) is 12.1 Å². The second-order valence-electron chi connectivity index (χ2n) is 6.54. The smallest absolute Gasteiger partial charge is 0.343 e. The van der Waals surface area contributed by atoms with Crippen LogP contribution in [0.15, 0.2) is 72.3 Å². The predicted molar refractivity (Wildman–Crippen MR) is 115 cm³/mol. The van der Waals surface area contributed by atoms with Gasteiger partial charge in [0.2, 0.25) is 5.78 Å². The second kappa shape index (κ2) is 10.0. The van der Waals surface area contributed by atoms with Crippen LogP contribution in [0.4, 0.5) is 4.39 Å². The Morgan fingerprint density at radius 1 is 0.906 bits per heavy atom. The molecule has 0 bridgehead atoms. The number of benzene rings is 3. The molecule has 7 heteroatoms. The minimum absolute atomic E-state index is 0.0867. The van der Waals surface area contributed by atoms with Gasteiger partial charge in [0.25, 0.3) is 0 Å². The summed E-state index contributed by atoms with van der Waals surface area (Å²) in [4.78, 5) is 25.0. The molecule has 6 nitrogen and oxygen atoms in total.